The number of aliphatic hydroxyl groups is 1. The molecule has 0 radical (unpaired) electrons. The van der Waals surface area contributed by atoms with Crippen molar-refractivity contribution in [1.82, 2.24) is 19.8 Å². The van der Waals surface area contributed by atoms with Crippen LogP contribution in [0.2, 0.25) is 5.15 Å². The number of carbonyl (C=O) groups is 2. The van der Waals surface area contributed by atoms with Crippen LogP contribution in [-0.2, 0) is 14.2 Å². The minimum Gasteiger partial charge on any atom is -0.465 e. The molecule has 3 heterocycles. The molecule has 0 spiro atoms. The Morgan fingerprint density at radius 3 is 2.47 bits per heavy atom. The lowest BCUT2D eigenvalue weighted by Gasteiger charge is -2.41. The predicted molar refractivity (Wildman–Crippen MR) is 139 cm³/mol. The molecular weight excluding hydrogens is 518 g/mol. The van der Waals surface area contributed by atoms with Crippen molar-refractivity contribution in [3.8, 4) is 6.01 Å². The summed E-state index contributed by atoms with van der Waals surface area (Å²) >= 11 is 6.46. The van der Waals surface area contributed by atoms with Gasteiger partial charge in [0.1, 0.15) is 11.2 Å². The smallest absolute Gasteiger partial charge is 0.410 e. The Balaban J connectivity index is 1.52. The number of nitrogens with zero attached hydrogens (tertiary/aromatic N) is 5. The summed E-state index contributed by atoms with van der Waals surface area (Å²) in [5.41, 5.74) is -0.630. The quantitative estimate of drug-likeness (QED) is 0.373. The van der Waals surface area contributed by atoms with E-state index in [0.29, 0.717) is 13.2 Å². The number of methoxy groups -OCH3 is 1. The van der Waals surface area contributed by atoms with Crippen LogP contribution in [0.3, 0.4) is 0 Å². The van der Waals surface area contributed by atoms with Crippen LogP contribution in [0.4, 0.5) is 10.6 Å². The van der Waals surface area contributed by atoms with Gasteiger partial charge < -0.3 is 33.9 Å². The number of carbonyl (C=O) groups excluding carboxylic acids is 2. The van der Waals surface area contributed by atoms with E-state index >= 15 is 0 Å². The van der Waals surface area contributed by atoms with Gasteiger partial charge in [-0.3, -0.25) is 4.90 Å². The van der Waals surface area contributed by atoms with Crippen molar-refractivity contribution < 1.29 is 33.6 Å². The van der Waals surface area contributed by atoms with Crippen molar-refractivity contribution in [3.05, 3.63) is 10.7 Å². The van der Waals surface area contributed by atoms with Crippen molar-refractivity contribution in [2.45, 2.75) is 45.3 Å². The lowest BCUT2D eigenvalue weighted by molar-refractivity contribution is 0.0196. The maximum Gasteiger partial charge on any atom is 0.410 e. The van der Waals surface area contributed by atoms with Crippen molar-refractivity contribution in [2.75, 3.05) is 77.7 Å². The highest BCUT2D eigenvalue weighted by atomic mass is 35.5. The number of hydrogen-bond acceptors (Lipinski definition) is 11. The van der Waals surface area contributed by atoms with Crippen LogP contribution < -0.4 is 9.64 Å². The van der Waals surface area contributed by atoms with E-state index in [1.807, 2.05) is 0 Å². The Labute approximate surface area is 228 Å². The fourth-order valence-electron chi connectivity index (χ4n) is 4.71. The van der Waals surface area contributed by atoms with Gasteiger partial charge in [0, 0.05) is 44.7 Å². The third kappa shape index (κ3) is 6.96. The molecule has 13 heteroatoms. The molecular formula is C25H38ClN5O7. The molecule has 38 heavy (non-hydrogen) atoms. The highest BCUT2D eigenvalue weighted by molar-refractivity contribution is 6.33. The van der Waals surface area contributed by atoms with E-state index in [2.05, 4.69) is 14.9 Å². The minimum atomic E-state index is -0.700. The molecule has 1 aromatic heterocycles. The number of halogens is 1. The molecule has 2 aliphatic heterocycles. The molecule has 0 unspecified atom stereocenters. The van der Waals surface area contributed by atoms with E-state index in [9.17, 15) is 14.7 Å². The number of rotatable bonds is 8. The number of aromatic nitrogens is 2. The number of aliphatic hydroxyl groups excluding tert-OH is 1. The van der Waals surface area contributed by atoms with Crippen molar-refractivity contribution in [3.63, 3.8) is 0 Å². The fraction of sp³-hybridized carbons (Fsp3) is 0.760. The molecule has 3 aliphatic rings. The highest BCUT2D eigenvalue weighted by Gasteiger charge is 2.45. The Bertz CT molecular complexity index is 1010. The second-order valence-corrected chi connectivity index (χ2v) is 11.5. The molecule has 3 fully saturated rings. The van der Waals surface area contributed by atoms with Crippen LogP contribution >= 0.6 is 11.6 Å². The summed E-state index contributed by atoms with van der Waals surface area (Å²) in [7, 11) is 1.25. The highest BCUT2D eigenvalue weighted by Crippen LogP contribution is 2.46. The molecule has 0 aromatic carbocycles. The molecule has 212 valence electrons. The maximum atomic E-state index is 12.7. The third-order valence-electron chi connectivity index (χ3n) is 6.96. The molecule has 1 saturated carbocycles. The van der Waals surface area contributed by atoms with Gasteiger partial charge in [-0.1, -0.05) is 11.6 Å². The predicted octanol–water partition coefficient (Wildman–Crippen LogP) is 1.83. The van der Waals surface area contributed by atoms with Crippen molar-refractivity contribution in [2.24, 2.45) is 5.41 Å². The monoisotopic (exact) mass is 555 g/mol. The molecule has 0 bridgehead atoms. The summed E-state index contributed by atoms with van der Waals surface area (Å²) in [4.78, 5) is 39.7. The van der Waals surface area contributed by atoms with Crippen LogP contribution in [-0.4, -0.2) is 121 Å². The summed E-state index contributed by atoms with van der Waals surface area (Å²) in [5.74, 6) is -0.499. The third-order valence-corrected chi connectivity index (χ3v) is 7.23. The number of esters is 1. The summed E-state index contributed by atoms with van der Waals surface area (Å²) < 4.78 is 21.9. The number of morpholine rings is 1. The number of anilines is 1. The van der Waals surface area contributed by atoms with Gasteiger partial charge in [-0.05, 0) is 33.6 Å². The minimum absolute atomic E-state index is 0.0138. The zero-order chi connectivity index (χ0) is 27.5. The number of hydrogen-bond donors (Lipinski definition) is 1. The zero-order valence-corrected chi connectivity index (χ0v) is 23.3. The molecule has 2 saturated heterocycles. The molecule has 1 atom stereocenters. The normalized spacial score (nSPS) is 21.7. The Hall–Kier alpha value is -2.41. The topological polar surface area (TPSA) is 127 Å². The van der Waals surface area contributed by atoms with Gasteiger partial charge in [0.05, 0.1) is 39.6 Å². The van der Waals surface area contributed by atoms with Gasteiger partial charge in [-0.15, -0.1) is 0 Å². The molecule has 12 nitrogen and oxygen atoms in total. The number of amides is 1. The number of ether oxygens (including phenoxy) is 4. The van der Waals surface area contributed by atoms with E-state index in [1.54, 1.807) is 25.7 Å². The van der Waals surface area contributed by atoms with Gasteiger partial charge in [-0.2, -0.15) is 9.97 Å². The van der Waals surface area contributed by atoms with Crippen LogP contribution in [0.1, 0.15) is 44.0 Å². The second kappa shape index (κ2) is 11.8. The lowest BCUT2D eigenvalue weighted by atomic mass is 10.1. The average molecular weight is 556 g/mol. The van der Waals surface area contributed by atoms with E-state index < -0.39 is 23.7 Å². The van der Waals surface area contributed by atoms with Crippen LogP contribution in [0, 0.1) is 5.41 Å². The molecule has 1 aromatic rings. The standard InChI is InChI=1S/C25H38ClN5O7/c1-24(2,3)38-23(34)30-7-8-31(17(13-30)14-32)20-18(21(33)35-4)19(26)27-22(28-20)37-16-25(5-6-25)15-29-9-11-36-12-10-29/h17,32H,5-16H2,1-4H3/t17-/m1/s1. The molecule has 4 rings (SSSR count). The summed E-state index contributed by atoms with van der Waals surface area (Å²) in [6.07, 6.45) is 1.62. The van der Waals surface area contributed by atoms with E-state index in [-0.39, 0.29) is 47.7 Å². The van der Waals surface area contributed by atoms with Gasteiger partial charge in [-0.25, -0.2) is 9.59 Å². The lowest BCUT2D eigenvalue weighted by Crippen LogP contribution is -2.57. The molecule has 1 aliphatic carbocycles. The van der Waals surface area contributed by atoms with Gasteiger partial charge in [0.2, 0.25) is 0 Å². The van der Waals surface area contributed by atoms with Gasteiger partial charge in [0.15, 0.2) is 11.0 Å². The Kier molecular flexibility index (Phi) is 8.85. The van der Waals surface area contributed by atoms with Crippen molar-refractivity contribution >= 4 is 29.5 Å². The first-order valence-electron chi connectivity index (χ1n) is 13.0. The first kappa shape index (κ1) is 28.6. The van der Waals surface area contributed by atoms with Crippen LogP contribution in [0.25, 0.3) is 0 Å². The SMILES string of the molecule is COC(=O)c1c(Cl)nc(OCC2(CN3CCOCC3)CC2)nc1N1CCN(C(=O)OC(C)(C)C)C[C@@H]1CO. The summed E-state index contributed by atoms with van der Waals surface area (Å²) in [6, 6.07) is -0.508. The van der Waals surface area contributed by atoms with Crippen LogP contribution in [0.15, 0.2) is 0 Å². The van der Waals surface area contributed by atoms with E-state index in [4.69, 9.17) is 30.5 Å². The Morgan fingerprint density at radius 2 is 1.87 bits per heavy atom. The largest absolute Gasteiger partial charge is 0.465 e. The summed E-state index contributed by atoms with van der Waals surface area (Å²) in [6.45, 7) is 10.5. The average Bonchev–Trinajstić information content (AvgIpc) is 3.65. The first-order valence-corrected chi connectivity index (χ1v) is 13.4. The first-order chi connectivity index (χ1) is 18.0. The van der Waals surface area contributed by atoms with E-state index in [1.165, 1.54) is 12.0 Å². The van der Waals surface area contributed by atoms with Crippen LogP contribution in [0.5, 0.6) is 6.01 Å². The Morgan fingerprint density at radius 1 is 1.16 bits per heavy atom. The second-order valence-electron chi connectivity index (χ2n) is 11.1. The maximum absolute atomic E-state index is 12.7. The summed E-state index contributed by atoms with van der Waals surface area (Å²) in [5, 5.41) is 10.1. The zero-order valence-electron chi connectivity index (χ0n) is 22.6. The van der Waals surface area contributed by atoms with Crippen molar-refractivity contribution in [1.29, 1.82) is 0 Å². The molecule has 1 N–H and O–H groups in total. The number of piperazine rings is 1. The van der Waals surface area contributed by atoms with E-state index in [0.717, 1.165) is 45.7 Å². The fourth-order valence-corrected chi connectivity index (χ4v) is 4.95. The van der Waals surface area contributed by atoms with Gasteiger partial charge in [0.25, 0.3) is 0 Å². The molecule has 1 amide bonds. The van der Waals surface area contributed by atoms with Gasteiger partial charge >= 0.3 is 18.1 Å².